The third kappa shape index (κ3) is 3.58. The van der Waals surface area contributed by atoms with E-state index < -0.39 is 0 Å². The lowest BCUT2D eigenvalue weighted by atomic mass is 9.90. The Morgan fingerprint density at radius 2 is 2.00 bits per heavy atom. The Bertz CT molecular complexity index is 356. The monoisotopic (exact) mass is 265 g/mol. The number of ketones is 1. The molecule has 3 heteroatoms. The molecule has 19 heavy (non-hydrogen) atoms. The summed E-state index contributed by atoms with van der Waals surface area (Å²) in [4.78, 5) is 26.3. The maximum Gasteiger partial charge on any atom is 0.222 e. The van der Waals surface area contributed by atoms with E-state index >= 15 is 0 Å². The number of hydrogen-bond donors (Lipinski definition) is 0. The molecule has 0 bridgehead atoms. The first-order valence-electron chi connectivity index (χ1n) is 7.71. The second-order valence-electron chi connectivity index (χ2n) is 7.32. The van der Waals surface area contributed by atoms with Crippen LogP contribution in [0, 0.1) is 11.3 Å². The van der Waals surface area contributed by atoms with Crippen LogP contribution in [-0.2, 0) is 9.59 Å². The van der Waals surface area contributed by atoms with E-state index in [9.17, 15) is 9.59 Å². The zero-order valence-corrected chi connectivity index (χ0v) is 12.6. The van der Waals surface area contributed by atoms with Crippen molar-refractivity contribution in [3.63, 3.8) is 0 Å². The van der Waals surface area contributed by atoms with Crippen molar-refractivity contribution in [2.24, 2.45) is 11.3 Å². The average molecular weight is 265 g/mol. The Balaban J connectivity index is 1.94. The van der Waals surface area contributed by atoms with Crippen LogP contribution in [0.5, 0.6) is 0 Å². The molecule has 0 N–H and O–H groups in total. The standard InChI is InChI=1S/C16H27NO2/c1-16(2,3)10-9-15(19)17-11-5-7-13(17)12-6-4-8-14(12)18/h12-13H,4-11H2,1-3H3. The molecule has 2 atom stereocenters. The van der Waals surface area contributed by atoms with Gasteiger partial charge >= 0.3 is 0 Å². The van der Waals surface area contributed by atoms with Crippen molar-refractivity contribution >= 4 is 11.7 Å². The van der Waals surface area contributed by atoms with Gasteiger partial charge in [-0.2, -0.15) is 0 Å². The zero-order valence-electron chi connectivity index (χ0n) is 12.6. The van der Waals surface area contributed by atoms with Crippen molar-refractivity contribution in [3.05, 3.63) is 0 Å². The van der Waals surface area contributed by atoms with Crippen LogP contribution in [0.3, 0.4) is 0 Å². The maximum absolute atomic E-state index is 12.4. The van der Waals surface area contributed by atoms with Gasteiger partial charge < -0.3 is 4.90 Å². The highest BCUT2D eigenvalue weighted by molar-refractivity contribution is 5.85. The molecule has 0 radical (unpaired) electrons. The number of amides is 1. The second kappa shape index (κ2) is 5.64. The van der Waals surface area contributed by atoms with Crippen molar-refractivity contribution in [2.75, 3.05) is 6.54 Å². The minimum Gasteiger partial charge on any atom is -0.339 e. The lowest BCUT2D eigenvalue weighted by Crippen LogP contribution is -2.41. The van der Waals surface area contributed by atoms with Crippen LogP contribution in [0.2, 0.25) is 0 Å². The Morgan fingerprint density at radius 3 is 2.58 bits per heavy atom. The van der Waals surface area contributed by atoms with Crippen LogP contribution in [-0.4, -0.2) is 29.2 Å². The fourth-order valence-corrected chi connectivity index (χ4v) is 3.40. The molecule has 2 fully saturated rings. The van der Waals surface area contributed by atoms with Gasteiger partial charge in [0.05, 0.1) is 0 Å². The smallest absolute Gasteiger partial charge is 0.222 e. The lowest BCUT2D eigenvalue weighted by molar-refractivity contribution is -0.134. The third-order valence-corrected chi connectivity index (χ3v) is 4.52. The summed E-state index contributed by atoms with van der Waals surface area (Å²) in [6, 6.07) is 0.211. The molecule has 3 nitrogen and oxygen atoms in total. The minimum absolute atomic E-state index is 0.140. The Morgan fingerprint density at radius 1 is 1.26 bits per heavy atom. The SMILES string of the molecule is CC(C)(C)CCC(=O)N1CCCC1C1CCCC1=O. The Kier molecular flexibility index (Phi) is 4.32. The van der Waals surface area contributed by atoms with Crippen LogP contribution < -0.4 is 0 Å². The first-order chi connectivity index (χ1) is 8.88. The number of likely N-dealkylation sites (tertiary alicyclic amines) is 1. The Labute approximate surface area is 116 Å². The van der Waals surface area contributed by atoms with Gasteiger partial charge in [0, 0.05) is 31.3 Å². The fraction of sp³-hybridized carbons (Fsp3) is 0.875. The van der Waals surface area contributed by atoms with Crippen molar-refractivity contribution in [3.8, 4) is 0 Å². The van der Waals surface area contributed by atoms with Gasteiger partial charge in [0.25, 0.3) is 0 Å². The van der Waals surface area contributed by atoms with Gasteiger partial charge in [0.15, 0.2) is 0 Å². The van der Waals surface area contributed by atoms with Crippen LogP contribution in [0.25, 0.3) is 0 Å². The van der Waals surface area contributed by atoms with Crippen LogP contribution >= 0.6 is 0 Å². The third-order valence-electron chi connectivity index (χ3n) is 4.52. The highest BCUT2D eigenvalue weighted by Gasteiger charge is 2.39. The molecule has 0 spiro atoms. The summed E-state index contributed by atoms with van der Waals surface area (Å²) in [5.74, 6) is 0.790. The highest BCUT2D eigenvalue weighted by Crippen LogP contribution is 2.34. The second-order valence-corrected chi connectivity index (χ2v) is 7.32. The van der Waals surface area contributed by atoms with Crippen molar-refractivity contribution < 1.29 is 9.59 Å². The molecular weight excluding hydrogens is 238 g/mol. The van der Waals surface area contributed by atoms with Gasteiger partial charge in [-0.15, -0.1) is 0 Å². The van der Waals surface area contributed by atoms with Crippen LogP contribution in [0.1, 0.15) is 65.7 Å². The van der Waals surface area contributed by atoms with Gasteiger partial charge in [-0.05, 0) is 37.5 Å². The van der Waals surface area contributed by atoms with Gasteiger partial charge in [-0.25, -0.2) is 0 Å². The molecule has 1 aliphatic heterocycles. The molecule has 1 saturated heterocycles. The quantitative estimate of drug-likeness (QED) is 0.786. The molecule has 0 aromatic carbocycles. The van der Waals surface area contributed by atoms with Gasteiger partial charge in [0.1, 0.15) is 5.78 Å². The van der Waals surface area contributed by atoms with Gasteiger partial charge in [0.2, 0.25) is 5.91 Å². The summed E-state index contributed by atoms with van der Waals surface area (Å²) in [5.41, 5.74) is 0.202. The van der Waals surface area contributed by atoms with E-state index in [-0.39, 0.29) is 23.3 Å². The number of Topliss-reactive ketones (excluding diaryl/α,β-unsaturated/α-hetero) is 1. The van der Waals surface area contributed by atoms with E-state index in [1.165, 1.54) is 0 Å². The summed E-state index contributed by atoms with van der Waals surface area (Å²) in [6.07, 6.45) is 6.38. The number of carbonyl (C=O) groups is 2. The number of rotatable bonds is 3. The van der Waals surface area contributed by atoms with E-state index in [0.29, 0.717) is 12.2 Å². The predicted octanol–water partition coefficient (Wildman–Crippen LogP) is 3.17. The molecule has 1 amide bonds. The fourth-order valence-electron chi connectivity index (χ4n) is 3.40. The topological polar surface area (TPSA) is 37.4 Å². The van der Waals surface area contributed by atoms with Gasteiger partial charge in [-0.1, -0.05) is 20.8 Å². The summed E-state index contributed by atoms with van der Waals surface area (Å²) in [6.45, 7) is 7.37. The van der Waals surface area contributed by atoms with Crippen LogP contribution in [0.4, 0.5) is 0 Å². The zero-order chi connectivity index (χ0) is 14.0. The molecule has 1 aliphatic carbocycles. The minimum atomic E-state index is 0.140. The van der Waals surface area contributed by atoms with Crippen molar-refractivity contribution in [2.45, 2.75) is 71.8 Å². The van der Waals surface area contributed by atoms with E-state index in [1.54, 1.807) is 0 Å². The van der Waals surface area contributed by atoms with Gasteiger partial charge in [-0.3, -0.25) is 9.59 Å². The molecule has 2 rings (SSSR count). The molecule has 2 unspecified atom stereocenters. The first-order valence-corrected chi connectivity index (χ1v) is 7.71. The van der Waals surface area contributed by atoms with E-state index in [0.717, 1.165) is 45.1 Å². The normalized spacial score (nSPS) is 28.2. The molecule has 1 heterocycles. The number of nitrogens with zero attached hydrogens (tertiary/aromatic N) is 1. The van der Waals surface area contributed by atoms with Crippen LogP contribution in [0.15, 0.2) is 0 Å². The van der Waals surface area contributed by atoms with E-state index in [1.807, 2.05) is 4.90 Å². The largest absolute Gasteiger partial charge is 0.339 e. The molecular formula is C16H27NO2. The number of carbonyl (C=O) groups excluding carboxylic acids is 2. The predicted molar refractivity (Wildman–Crippen MR) is 75.8 cm³/mol. The lowest BCUT2D eigenvalue weighted by Gasteiger charge is -2.29. The molecule has 1 saturated carbocycles. The molecule has 0 aromatic rings. The van der Waals surface area contributed by atoms with Crippen molar-refractivity contribution in [1.82, 2.24) is 4.90 Å². The summed E-state index contributed by atoms with van der Waals surface area (Å²) in [7, 11) is 0. The summed E-state index contributed by atoms with van der Waals surface area (Å²) < 4.78 is 0. The van der Waals surface area contributed by atoms with Crippen molar-refractivity contribution in [1.29, 1.82) is 0 Å². The molecule has 2 aliphatic rings. The first kappa shape index (κ1) is 14.5. The molecule has 108 valence electrons. The summed E-state index contributed by atoms with van der Waals surface area (Å²) in [5, 5.41) is 0. The Hall–Kier alpha value is -0.860. The highest BCUT2D eigenvalue weighted by atomic mass is 16.2. The maximum atomic E-state index is 12.4. The van der Waals surface area contributed by atoms with E-state index in [2.05, 4.69) is 20.8 Å². The van der Waals surface area contributed by atoms with E-state index in [4.69, 9.17) is 0 Å². The summed E-state index contributed by atoms with van der Waals surface area (Å²) >= 11 is 0. The average Bonchev–Trinajstić information content (AvgIpc) is 2.92. The molecule has 0 aromatic heterocycles. The number of hydrogen-bond acceptors (Lipinski definition) is 2.